The van der Waals surface area contributed by atoms with Gasteiger partial charge in [0.2, 0.25) is 5.70 Å². The van der Waals surface area contributed by atoms with Crippen molar-refractivity contribution in [1.29, 1.82) is 0 Å². The molecule has 1 unspecified atom stereocenters. The number of anilines is 1. The van der Waals surface area contributed by atoms with Gasteiger partial charge in [0.05, 0.1) is 18.0 Å². The zero-order valence-electron chi connectivity index (χ0n) is 21.1. The number of aromatic nitrogens is 4. The number of amides is 1. The number of benzene rings is 2. The van der Waals surface area contributed by atoms with Crippen LogP contribution in [0.25, 0.3) is 27.1 Å². The second kappa shape index (κ2) is 10.2. The van der Waals surface area contributed by atoms with Crippen molar-refractivity contribution in [3.05, 3.63) is 83.9 Å². The molecule has 2 fully saturated rings. The molecule has 6 rings (SSSR count). The molecule has 2 aliphatic rings. The van der Waals surface area contributed by atoms with Crippen LogP contribution in [0.2, 0.25) is 0 Å². The Labute approximate surface area is 224 Å². The Morgan fingerprint density at radius 2 is 1.95 bits per heavy atom. The quantitative estimate of drug-likeness (QED) is 0.269. The Morgan fingerprint density at radius 3 is 2.69 bits per heavy atom. The monoisotopic (exact) mass is 523 g/mol. The van der Waals surface area contributed by atoms with E-state index >= 15 is 4.39 Å². The van der Waals surface area contributed by atoms with Gasteiger partial charge in [-0.2, -0.15) is 5.10 Å². The second-order valence-electron chi connectivity index (χ2n) is 9.86. The van der Waals surface area contributed by atoms with Crippen molar-refractivity contribution in [2.45, 2.75) is 31.7 Å². The lowest BCUT2D eigenvalue weighted by Crippen LogP contribution is -2.41. The van der Waals surface area contributed by atoms with Crippen molar-refractivity contribution in [2.24, 2.45) is 5.92 Å². The molecule has 1 aliphatic heterocycles. The number of allylic oxidation sites excluding steroid dienone is 1. The molecule has 1 amide bonds. The third kappa shape index (κ3) is 4.91. The maximum absolute atomic E-state index is 15.5. The van der Waals surface area contributed by atoms with Crippen molar-refractivity contribution in [3.63, 3.8) is 0 Å². The van der Waals surface area contributed by atoms with Crippen LogP contribution in [0, 0.1) is 18.3 Å². The van der Waals surface area contributed by atoms with E-state index in [0.29, 0.717) is 47.2 Å². The van der Waals surface area contributed by atoms with E-state index in [0.717, 1.165) is 25.7 Å². The van der Waals surface area contributed by atoms with E-state index < -0.39 is 5.82 Å². The molecule has 1 aliphatic carbocycles. The summed E-state index contributed by atoms with van der Waals surface area (Å²) in [6.45, 7) is 8.42. The summed E-state index contributed by atoms with van der Waals surface area (Å²) in [7, 11) is 0. The number of hydrogen-bond acceptors (Lipinski definition) is 6. The zero-order chi connectivity index (χ0) is 26.9. The van der Waals surface area contributed by atoms with Gasteiger partial charge >= 0.3 is 0 Å². The standard InChI is InChI=1S/C29H26FN7O2/c1-32-24(14-18-9-10-18)29(38)36-13-5-6-19(16-36)37-28-25(27(31)33-17-34-28)26(35-37)22-12-11-21(15-23(22)30)39-20-7-3-2-4-8-20/h2-4,7-8,11-12,14-15,17-19H,5-6,9-10,13,16H2,(H2,31,33,34)/b24-14-. The Balaban J connectivity index is 1.33. The lowest BCUT2D eigenvalue weighted by molar-refractivity contribution is -0.128. The Kier molecular flexibility index (Phi) is 6.40. The second-order valence-corrected chi connectivity index (χ2v) is 9.86. The first kappa shape index (κ1) is 24.6. The molecule has 0 bridgehead atoms. The van der Waals surface area contributed by atoms with Crippen LogP contribution in [-0.2, 0) is 4.79 Å². The number of piperidine rings is 1. The molecule has 1 saturated carbocycles. The van der Waals surface area contributed by atoms with Gasteiger partial charge in [-0.1, -0.05) is 24.3 Å². The van der Waals surface area contributed by atoms with Crippen LogP contribution in [0.4, 0.5) is 10.2 Å². The zero-order valence-corrected chi connectivity index (χ0v) is 21.1. The van der Waals surface area contributed by atoms with Gasteiger partial charge in [-0.25, -0.2) is 23.9 Å². The summed E-state index contributed by atoms with van der Waals surface area (Å²) in [6.07, 6.45) is 6.68. The van der Waals surface area contributed by atoms with Crippen LogP contribution >= 0.6 is 0 Å². The maximum atomic E-state index is 15.5. The van der Waals surface area contributed by atoms with E-state index in [1.807, 2.05) is 18.2 Å². The molecule has 39 heavy (non-hydrogen) atoms. The number of rotatable bonds is 6. The summed E-state index contributed by atoms with van der Waals surface area (Å²) >= 11 is 0. The van der Waals surface area contributed by atoms with E-state index in [1.165, 1.54) is 12.4 Å². The average molecular weight is 524 g/mol. The molecule has 4 aromatic rings. The molecule has 2 N–H and O–H groups in total. The minimum atomic E-state index is -0.523. The molecule has 9 nitrogen and oxygen atoms in total. The van der Waals surface area contributed by atoms with Crippen LogP contribution in [-0.4, -0.2) is 43.6 Å². The highest BCUT2D eigenvalue weighted by Gasteiger charge is 2.31. The van der Waals surface area contributed by atoms with Crippen LogP contribution in [0.5, 0.6) is 11.5 Å². The number of hydrogen-bond donors (Lipinski definition) is 1. The molecule has 10 heteroatoms. The van der Waals surface area contributed by atoms with Gasteiger partial charge < -0.3 is 15.4 Å². The lowest BCUT2D eigenvalue weighted by atomic mass is 10.1. The summed E-state index contributed by atoms with van der Waals surface area (Å²) in [5.41, 5.74) is 7.46. The van der Waals surface area contributed by atoms with Gasteiger partial charge in [0, 0.05) is 24.7 Å². The number of carbonyl (C=O) groups excluding carboxylic acids is 1. The van der Waals surface area contributed by atoms with E-state index in [1.54, 1.807) is 39.9 Å². The highest BCUT2D eigenvalue weighted by Crippen LogP contribution is 2.37. The number of nitrogens with zero attached hydrogens (tertiary/aromatic N) is 6. The van der Waals surface area contributed by atoms with E-state index in [-0.39, 0.29) is 29.0 Å². The fourth-order valence-corrected chi connectivity index (χ4v) is 4.96. The van der Waals surface area contributed by atoms with Crippen LogP contribution in [0.3, 0.4) is 0 Å². The van der Waals surface area contributed by atoms with Crippen LogP contribution in [0.15, 0.2) is 66.6 Å². The predicted molar refractivity (Wildman–Crippen MR) is 144 cm³/mol. The van der Waals surface area contributed by atoms with Gasteiger partial charge in [0.25, 0.3) is 5.91 Å². The largest absolute Gasteiger partial charge is 0.457 e. The van der Waals surface area contributed by atoms with E-state index in [9.17, 15) is 4.79 Å². The molecule has 0 spiro atoms. The van der Waals surface area contributed by atoms with Crippen molar-refractivity contribution in [2.75, 3.05) is 18.8 Å². The fraction of sp³-hybridized carbons (Fsp3) is 0.276. The highest BCUT2D eigenvalue weighted by molar-refractivity contribution is 5.98. The fourth-order valence-electron chi connectivity index (χ4n) is 4.96. The van der Waals surface area contributed by atoms with Gasteiger partial charge in [-0.15, -0.1) is 0 Å². The minimum absolute atomic E-state index is 0.176. The minimum Gasteiger partial charge on any atom is -0.457 e. The topological polar surface area (TPSA) is 104 Å². The number of ether oxygens (including phenoxy) is 1. The van der Waals surface area contributed by atoms with Gasteiger partial charge in [0.1, 0.15) is 35.2 Å². The maximum Gasteiger partial charge on any atom is 0.252 e. The number of likely N-dealkylation sites (tertiary alicyclic amines) is 1. The third-order valence-electron chi connectivity index (χ3n) is 7.08. The molecule has 1 atom stereocenters. The third-order valence-corrected chi connectivity index (χ3v) is 7.08. The normalized spacial score (nSPS) is 17.7. The van der Waals surface area contributed by atoms with E-state index in [4.69, 9.17) is 22.1 Å². The van der Waals surface area contributed by atoms with Gasteiger partial charge in [-0.3, -0.25) is 4.79 Å². The average Bonchev–Trinajstić information content (AvgIpc) is 3.70. The summed E-state index contributed by atoms with van der Waals surface area (Å²) in [5, 5.41) is 5.23. The van der Waals surface area contributed by atoms with Gasteiger partial charge in [0.15, 0.2) is 5.65 Å². The smallest absolute Gasteiger partial charge is 0.252 e. The number of fused-ring (bicyclic) bond motifs is 1. The molecule has 0 radical (unpaired) electrons. The van der Waals surface area contributed by atoms with Gasteiger partial charge in [-0.05, 0) is 55.9 Å². The molecular formula is C29H26FN7O2. The molecule has 1 saturated heterocycles. The summed E-state index contributed by atoms with van der Waals surface area (Å²) < 4.78 is 23.0. The first-order valence-corrected chi connectivity index (χ1v) is 12.9. The van der Waals surface area contributed by atoms with E-state index in [2.05, 4.69) is 14.8 Å². The number of carbonyl (C=O) groups is 1. The molecule has 196 valence electrons. The van der Waals surface area contributed by atoms with Crippen LogP contribution in [0.1, 0.15) is 31.7 Å². The van der Waals surface area contributed by atoms with Crippen molar-refractivity contribution >= 4 is 22.8 Å². The Morgan fingerprint density at radius 1 is 1.13 bits per heavy atom. The van der Waals surface area contributed by atoms with Crippen molar-refractivity contribution in [1.82, 2.24) is 24.6 Å². The SMILES string of the molecule is [C-]#[N+]/C(=C\C1CC1)C(=O)N1CCCC(n2nc(-c3ccc(Oc4ccccc4)cc3F)c3c(N)ncnc32)C1. The van der Waals surface area contributed by atoms with Crippen molar-refractivity contribution in [3.8, 4) is 22.8 Å². The number of nitrogen functional groups attached to an aromatic ring is 1. The summed E-state index contributed by atoms with van der Waals surface area (Å²) in [5.74, 6) is 0.693. The first-order chi connectivity index (χ1) is 19.0. The number of para-hydroxylation sites is 1. The lowest BCUT2D eigenvalue weighted by Gasteiger charge is -2.33. The van der Waals surface area contributed by atoms with Crippen molar-refractivity contribution < 1.29 is 13.9 Å². The number of halogens is 1. The van der Waals surface area contributed by atoms with Crippen LogP contribution < -0.4 is 10.5 Å². The number of nitrogens with two attached hydrogens (primary N) is 1. The molecular weight excluding hydrogens is 497 g/mol. The molecule has 3 heterocycles. The Hall–Kier alpha value is -4.78. The first-order valence-electron chi connectivity index (χ1n) is 12.9. The molecule has 2 aromatic heterocycles. The molecule has 2 aromatic carbocycles. The summed E-state index contributed by atoms with van der Waals surface area (Å²) in [6, 6.07) is 13.5. The summed E-state index contributed by atoms with van der Waals surface area (Å²) in [4.78, 5) is 26.9. The predicted octanol–water partition coefficient (Wildman–Crippen LogP) is 5.38. The highest BCUT2D eigenvalue weighted by atomic mass is 19.1. The Bertz CT molecular complexity index is 1620.